The highest BCUT2D eigenvalue weighted by atomic mass is 15.0. The lowest BCUT2D eigenvalue weighted by molar-refractivity contribution is 1.17. The zero-order valence-corrected chi connectivity index (χ0v) is 42.3. The molecule has 0 unspecified atom stereocenters. The highest BCUT2D eigenvalue weighted by Gasteiger charge is 2.30. The minimum Gasteiger partial charge on any atom is -0.308 e. The fourth-order valence-electron chi connectivity index (χ4n) is 11.5. The maximum atomic E-state index is 10.2. The third-order valence-electron chi connectivity index (χ3n) is 15.0. The molecule has 0 amide bonds. The van der Waals surface area contributed by atoms with E-state index in [2.05, 4.69) is 196 Å². The predicted molar refractivity (Wildman–Crippen MR) is 311 cm³/mol. The first-order valence-corrected chi connectivity index (χ1v) is 25.2. The Morgan fingerprint density at radius 1 is 0.321 bits per heavy atom. The van der Waals surface area contributed by atoms with Gasteiger partial charge in [-0.2, -0.15) is 21.0 Å². The molecule has 0 radical (unpaired) electrons. The molecular formula is C69H39N9. The van der Waals surface area contributed by atoms with Gasteiger partial charge in [-0.1, -0.05) is 71.3 Å². The molecule has 360 valence electrons. The molecule has 0 N–H and O–H groups in total. The van der Waals surface area contributed by atoms with Crippen LogP contribution in [-0.4, -0.2) is 13.7 Å². The molecule has 78 heavy (non-hydrogen) atoms. The van der Waals surface area contributed by atoms with Crippen LogP contribution in [0, 0.1) is 79.2 Å². The summed E-state index contributed by atoms with van der Waals surface area (Å²) in [5, 5.41) is 46.5. The van der Waals surface area contributed by atoms with Gasteiger partial charge in [0.25, 0.3) is 0 Å². The molecule has 0 aliphatic carbocycles. The highest BCUT2D eigenvalue weighted by Crippen LogP contribution is 2.52. The van der Waals surface area contributed by atoms with Gasteiger partial charge in [0.2, 0.25) is 0 Å². The first kappa shape index (κ1) is 46.3. The third kappa shape index (κ3) is 7.25. The van der Waals surface area contributed by atoms with E-state index < -0.39 is 0 Å². The van der Waals surface area contributed by atoms with Crippen molar-refractivity contribution in [1.82, 2.24) is 13.7 Å². The zero-order valence-electron chi connectivity index (χ0n) is 42.3. The molecule has 0 saturated carbocycles. The van der Waals surface area contributed by atoms with E-state index in [1.807, 2.05) is 36.4 Å². The minimum absolute atomic E-state index is 0.372. The molecule has 0 bridgehead atoms. The first-order chi connectivity index (χ1) is 38.1. The van der Waals surface area contributed by atoms with Gasteiger partial charge in [0.05, 0.1) is 81.6 Å². The number of benzene rings is 10. The van der Waals surface area contributed by atoms with Gasteiger partial charge in [-0.25, -0.2) is 9.69 Å². The molecule has 0 spiro atoms. The molecule has 9 nitrogen and oxygen atoms in total. The van der Waals surface area contributed by atoms with E-state index in [0.717, 1.165) is 133 Å². The number of nitrogens with zero attached hydrogens (tertiary/aromatic N) is 9. The summed E-state index contributed by atoms with van der Waals surface area (Å²) in [7, 11) is 0. The van der Waals surface area contributed by atoms with Crippen LogP contribution < -0.4 is 0 Å². The van der Waals surface area contributed by atoms with E-state index >= 15 is 0 Å². The van der Waals surface area contributed by atoms with Crippen LogP contribution in [-0.2, 0) is 0 Å². The number of rotatable bonds is 6. The summed E-state index contributed by atoms with van der Waals surface area (Å²) < 4.78 is 7.09. The van der Waals surface area contributed by atoms with E-state index in [-0.39, 0.29) is 0 Å². The topological polar surface area (TPSA) is 119 Å². The standard InChI is InChI=1S/C69H39N9/c1-40-6-15-55(16-7-40)76-61-21-12-47(50-25-43(36-70)24-44(26-50)37-71)33-58(61)64-67(76)65-60-35-49(52-28-46(39-73)30-54(32-52)75-5)14-23-63(60)78(57-19-10-42(3)11-20-57)69(65)66-59-34-48(51-27-45(38-72)29-53(31-51)74-4)13-22-62(59)77(68(64)66)56-17-8-41(2)9-18-56/h6-35H,1-3H3. The van der Waals surface area contributed by atoms with Crippen molar-refractivity contribution in [2.45, 2.75) is 20.8 Å². The van der Waals surface area contributed by atoms with Gasteiger partial charge in [0.15, 0.2) is 11.4 Å². The molecule has 0 atom stereocenters. The maximum Gasteiger partial charge on any atom is 0.189 e. The summed E-state index contributed by atoms with van der Waals surface area (Å²) in [5.41, 5.74) is 18.8. The van der Waals surface area contributed by atoms with Crippen molar-refractivity contribution in [3.63, 3.8) is 0 Å². The second kappa shape index (κ2) is 17.9. The number of aromatic nitrogens is 3. The smallest absolute Gasteiger partial charge is 0.189 e. The van der Waals surface area contributed by atoms with Crippen LogP contribution in [0.5, 0.6) is 0 Å². The second-order valence-corrected chi connectivity index (χ2v) is 19.9. The largest absolute Gasteiger partial charge is 0.308 e. The van der Waals surface area contributed by atoms with Gasteiger partial charge in [0.1, 0.15) is 0 Å². The van der Waals surface area contributed by atoms with Gasteiger partial charge in [-0.15, -0.1) is 0 Å². The molecule has 10 aromatic carbocycles. The Kier molecular flexibility index (Phi) is 10.6. The molecule has 3 heterocycles. The molecular weight excluding hydrogens is 955 g/mol. The molecule has 3 aromatic heterocycles. The Balaban J connectivity index is 1.34. The molecule has 0 aliphatic rings. The third-order valence-corrected chi connectivity index (χ3v) is 15.0. The number of aryl methyl sites for hydroxylation is 3. The average Bonchev–Trinajstić information content (AvgIpc) is 2.78. The molecule has 0 aliphatic heterocycles. The summed E-state index contributed by atoms with van der Waals surface area (Å²) in [6, 6.07) is 69.9. The van der Waals surface area contributed by atoms with Crippen LogP contribution in [0.4, 0.5) is 11.4 Å². The number of nitriles is 4. The van der Waals surface area contributed by atoms with Gasteiger partial charge >= 0.3 is 0 Å². The Morgan fingerprint density at radius 2 is 0.603 bits per heavy atom. The SMILES string of the molecule is [C-]#[N+]c1cc(C#N)cc(-c2ccc3c(c2)c2c(c4c5cc(-c6cc(C#N)cc(C#N)c6)ccc5n(-c5ccc(C)cc5)c4c4c5cc(-c6cc(C#N)cc([N+]#[C-])c6)ccc5n(-c5ccc(C)cc5)c42)n3-c2ccc(C)cc2)c1. The Labute approximate surface area is 448 Å². The summed E-state index contributed by atoms with van der Waals surface area (Å²) >= 11 is 0. The van der Waals surface area contributed by atoms with Gasteiger partial charge in [0, 0.05) is 60.5 Å². The van der Waals surface area contributed by atoms with Gasteiger partial charge in [-0.3, -0.25) is 0 Å². The lowest BCUT2D eigenvalue weighted by Crippen LogP contribution is -1.98. The normalized spacial score (nSPS) is 11.2. The van der Waals surface area contributed by atoms with Gasteiger partial charge < -0.3 is 13.7 Å². The summed E-state index contributed by atoms with van der Waals surface area (Å²) in [4.78, 5) is 7.53. The minimum atomic E-state index is 0.372. The van der Waals surface area contributed by atoms with Crippen LogP contribution in [0.25, 0.3) is 126 Å². The number of hydrogen-bond acceptors (Lipinski definition) is 4. The molecule has 13 rings (SSSR count). The van der Waals surface area contributed by atoms with Crippen LogP contribution >= 0.6 is 0 Å². The average molecular weight is 994 g/mol. The predicted octanol–water partition coefficient (Wildman–Crippen LogP) is 17.5. The van der Waals surface area contributed by atoms with Gasteiger partial charge in [-0.05, 0) is 182 Å². The summed E-state index contributed by atoms with van der Waals surface area (Å²) in [6.07, 6.45) is 0. The van der Waals surface area contributed by atoms with Crippen molar-refractivity contribution in [1.29, 1.82) is 21.0 Å². The van der Waals surface area contributed by atoms with Crippen molar-refractivity contribution >= 4 is 76.8 Å². The van der Waals surface area contributed by atoms with E-state index in [9.17, 15) is 21.0 Å². The van der Waals surface area contributed by atoms with Crippen molar-refractivity contribution in [3.8, 4) is 74.7 Å². The van der Waals surface area contributed by atoms with Crippen molar-refractivity contribution in [2.24, 2.45) is 0 Å². The van der Waals surface area contributed by atoms with E-state index in [1.54, 1.807) is 18.2 Å². The van der Waals surface area contributed by atoms with Crippen molar-refractivity contribution in [2.75, 3.05) is 0 Å². The fraction of sp³-hybridized carbons (Fsp3) is 0.0435. The van der Waals surface area contributed by atoms with E-state index in [0.29, 0.717) is 33.6 Å². The Bertz CT molecular complexity index is 4410. The highest BCUT2D eigenvalue weighted by molar-refractivity contribution is 6.40. The zero-order chi connectivity index (χ0) is 53.5. The van der Waals surface area contributed by atoms with Crippen molar-refractivity contribution < 1.29 is 0 Å². The summed E-state index contributed by atoms with van der Waals surface area (Å²) in [5.74, 6) is 0. The first-order valence-electron chi connectivity index (χ1n) is 25.2. The monoisotopic (exact) mass is 993 g/mol. The van der Waals surface area contributed by atoms with E-state index in [4.69, 9.17) is 13.1 Å². The molecule has 0 fully saturated rings. The number of fused-ring (bicyclic) bond motifs is 12. The Hall–Kier alpha value is -11.5. The lowest BCUT2D eigenvalue weighted by atomic mass is 9.96. The Morgan fingerprint density at radius 3 is 0.885 bits per heavy atom. The molecule has 0 saturated heterocycles. The fourth-order valence-corrected chi connectivity index (χ4v) is 11.5. The number of hydrogen-bond donors (Lipinski definition) is 0. The van der Waals surface area contributed by atoms with Crippen LogP contribution in [0.2, 0.25) is 0 Å². The maximum absolute atomic E-state index is 10.2. The lowest BCUT2D eigenvalue weighted by Gasteiger charge is -2.14. The van der Waals surface area contributed by atoms with Crippen molar-refractivity contribution in [3.05, 3.63) is 244 Å². The summed E-state index contributed by atoms with van der Waals surface area (Å²) in [6.45, 7) is 22.2. The van der Waals surface area contributed by atoms with E-state index in [1.165, 1.54) is 0 Å². The van der Waals surface area contributed by atoms with Crippen LogP contribution in [0.15, 0.2) is 182 Å². The second-order valence-electron chi connectivity index (χ2n) is 19.9. The molecule has 13 aromatic rings. The quantitative estimate of drug-likeness (QED) is 0.154. The van der Waals surface area contributed by atoms with Crippen LogP contribution in [0.3, 0.4) is 0 Å². The van der Waals surface area contributed by atoms with Crippen LogP contribution in [0.1, 0.15) is 38.9 Å². The molecule has 9 heteroatoms.